The van der Waals surface area contributed by atoms with Gasteiger partial charge in [-0.1, -0.05) is 6.42 Å². The second kappa shape index (κ2) is 4.99. The van der Waals surface area contributed by atoms with Gasteiger partial charge in [-0.15, -0.1) is 0 Å². The summed E-state index contributed by atoms with van der Waals surface area (Å²) in [6.45, 7) is 2.22. The maximum absolute atomic E-state index is 4.26. The molecule has 88 valence electrons. The Kier molecular flexibility index (Phi) is 3.63. The normalized spacial score (nSPS) is 17.7. The summed E-state index contributed by atoms with van der Waals surface area (Å²) in [5.74, 6) is 2.48. The van der Waals surface area contributed by atoms with Crippen molar-refractivity contribution in [2.24, 2.45) is 5.92 Å². The summed E-state index contributed by atoms with van der Waals surface area (Å²) in [4.78, 5) is 8.39. The lowest BCUT2D eigenvalue weighted by Crippen LogP contribution is -2.31. The second-order valence-electron chi connectivity index (χ2n) is 4.26. The monoisotopic (exact) mass is 284 g/mol. The van der Waals surface area contributed by atoms with Crippen LogP contribution in [-0.2, 0) is 0 Å². The average Bonchev–Trinajstić information content (AvgIpc) is 2.18. The molecular formula is C11H17BrN4. The molecule has 1 aliphatic rings. The first kappa shape index (κ1) is 11.6. The van der Waals surface area contributed by atoms with E-state index in [1.807, 2.05) is 7.05 Å². The smallest absolute Gasteiger partial charge is 0.146 e. The van der Waals surface area contributed by atoms with E-state index in [1.54, 1.807) is 6.33 Å². The van der Waals surface area contributed by atoms with Gasteiger partial charge in [-0.25, -0.2) is 9.97 Å². The van der Waals surface area contributed by atoms with Crippen LogP contribution in [-0.4, -0.2) is 23.1 Å². The van der Waals surface area contributed by atoms with Crippen molar-refractivity contribution in [3.05, 3.63) is 10.8 Å². The Morgan fingerprint density at radius 2 is 2.06 bits per heavy atom. The van der Waals surface area contributed by atoms with Crippen LogP contribution in [0.15, 0.2) is 10.8 Å². The molecule has 1 unspecified atom stereocenters. The molecule has 5 heteroatoms. The summed E-state index contributed by atoms with van der Waals surface area (Å²) in [5.41, 5.74) is 0. The van der Waals surface area contributed by atoms with Gasteiger partial charge in [0.05, 0.1) is 0 Å². The summed E-state index contributed by atoms with van der Waals surface area (Å²) in [6.07, 6.45) is 5.60. The Morgan fingerprint density at radius 1 is 1.38 bits per heavy atom. The molecule has 1 fully saturated rings. The lowest BCUT2D eigenvalue weighted by molar-refractivity contribution is 0.285. The van der Waals surface area contributed by atoms with E-state index in [2.05, 4.69) is 43.5 Å². The molecular weight excluding hydrogens is 268 g/mol. The molecule has 0 spiro atoms. The van der Waals surface area contributed by atoms with Gasteiger partial charge in [-0.2, -0.15) is 0 Å². The van der Waals surface area contributed by atoms with Crippen LogP contribution in [0.25, 0.3) is 0 Å². The standard InChI is InChI=1S/C11H17BrN4/c1-7(8-4-3-5-8)16-11-9(12)10(13-2)14-6-15-11/h6-8H,3-5H2,1-2H3,(H2,13,14,15,16). The van der Waals surface area contributed by atoms with E-state index in [1.165, 1.54) is 19.3 Å². The van der Waals surface area contributed by atoms with Gasteiger partial charge in [0, 0.05) is 13.1 Å². The molecule has 1 aliphatic carbocycles. The van der Waals surface area contributed by atoms with Gasteiger partial charge in [0.1, 0.15) is 22.4 Å². The molecule has 0 aromatic carbocycles. The highest BCUT2D eigenvalue weighted by atomic mass is 79.9. The highest BCUT2D eigenvalue weighted by Crippen LogP contribution is 2.33. The highest BCUT2D eigenvalue weighted by molar-refractivity contribution is 9.10. The summed E-state index contributed by atoms with van der Waals surface area (Å²) in [6, 6.07) is 0.477. The molecule has 0 saturated heterocycles. The van der Waals surface area contributed by atoms with Crippen LogP contribution in [0.5, 0.6) is 0 Å². The van der Waals surface area contributed by atoms with Gasteiger partial charge < -0.3 is 10.6 Å². The zero-order valence-corrected chi connectivity index (χ0v) is 11.2. The molecule has 1 saturated carbocycles. The molecule has 0 bridgehead atoms. The van der Waals surface area contributed by atoms with E-state index in [9.17, 15) is 0 Å². The lowest BCUT2D eigenvalue weighted by atomic mass is 9.80. The Bertz CT molecular complexity index is 365. The van der Waals surface area contributed by atoms with Crippen LogP contribution in [0.4, 0.5) is 11.6 Å². The van der Waals surface area contributed by atoms with Gasteiger partial charge >= 0.3 is 0 Å². The molecule has 0 radical (unpaired) electrons. The summed E-state index contributed by atoms with van der Waals surface area (Å²) < 4.78 is 0.906. The van der Waals surface area contributed by atoms with Gasteiger partial charge in [-0.05, 0) is 41.6 Å². The van der Waals surface area contributed by atoms with Crippen molar-refractivity contribution in [1.29, 1.82) is 0 Å². The molecule has 1 heterocycles. The molecule has 1 aromatic rings. The number of nitrogens with one attached hydrogen (secondary N) is 2. The number of hydrogen-bond acceptors (Lipinski definition) is 4. The van der Waals surface area contributed by atoms with Crippen LogP contribution in [0.2, 0.25) is 0 Å². The van der Waals surface area contributed by atoms with Crippen LogP contribution in [0.1, 0.15) is 26.2 Å². The van der Waals surface area contributed by atoms with Crippen LogP contribution in [0.3, 0.4) is 0 Å². The van der Waals surface area contributed by atoms with Crippen molar-refractivity contribution < 1.29 is 0 Å². The van der Waals surface area contributed by atoms with Crippen LogP contribution < -0.4 is 10.6 Å². The minimum Gasteiger partial charge on any atom is -0.372 e. The average molecular weight is 285 g/mol. The fourth-order valence-electron chi connectivity index (χ4n) is 1.92. The van der Waals surface area contributed by atoms with Gasteiger partial charge in [0.2, 0.25) is 0 Å². The third kappa shape index (κ3) is 2.29. The van der Waals surface area contributed by atoms with E-state index in [0.717, 1.165) is 22.0 Å². The first-order valence-electron chi connectivity index (χ1n) is 5.67. The van der Waals surface area contributed by atoms with Crippen molar-refractivity contribution in [3.8, 4) is 0 Å². The van der Waals surface area contributed by atoms with Crippen molar-refractivity contribution >= 4 is 27.6 Å². The largest absolute Gasteiger partial charge is 0.372 e. The Balaban J connectivity index is 2.08. The molecule has 1 atom stereocenters. The highest BCUT2D eigenvalue weighted by Gasteiger charge is 2.24. The molecule has 0 aliphatic heterocycles. The number of rotatable bonds is 4. The molecule has 16 heavy (non-hydrogen) atoms. The van der Waals surface area contributed by atoms with E-state index in [4.69, 9.17) is 0 Å². The third-order valence-corrected chi connectivity index (χ3v) is 4.00. The number of hydrogen-bond donors (Lipinski definition) is 2. The van der Waals surface area contributed by atoms with Crippen molar-refractivity contribution in [2.45, 2.75) is 32.2 Å². The van der Waals surface area contributed by atoms with Crippen LogP contribution >= 0.6 is 15.9 Å². The van der Waals surface area contributed by atoms with Crippen molar-refractivity contribution in [2.75, 3.05) is 17.7 Å². The van der Waals surface area contributed by atoms with Crippen LogP contribution in [0, 0.1) is 5.92 Å². The zero-order chi connectivity index (χ0) is 11.5. The predicted octanol–water partition coefficient (Wildman–Crippen LogP) is 2.88. The van der Waals surface area contributed by atoms with Crippen molar-refractivity contribution in [3.63, 3.8) is 0 Å². The van der Waals surface area contributed by atoms with E-state index < -0.39 is 0 Å². The maximum Gasteiger partial charge on any atom is 0.146 e. The maximum atomic E-state index is 4.26. The Hall–Kier alpha value is -0.840. The Labute approximate surface area is 104 Å². The number of halogens is 1. The van der Waals surface area contributed by atoms with E-state index in [0.29, 0.717) is 6.04 Å². The van der Waals surface area contributed by atoms with E-state index in [-0.39, 0.29) is 0 Å². The first-order chi connectivity index (χ1) is 7.72. The Morgan fingerprint density at radius 3 is 2.62 bits per heavy atom. The molecule has 1 aromatic heterocycles. The number of aromatic nitrogens is 2. The number of anilines is 2. The summed E-state index contributed by atoms with van der Waals surface area (Å²) in [5, 5.41) is 6.48. The van der Waals surface area contributed by atoms with Crippen molar-refractivity contribution in [1.82, 2.24) is 9.97 Å². The lowest BCUT2D eigenvalue weighted by Gasteiger charge is -2.32. The van der Waals surface area contributed by atoms with E-state index >= 15 is 0 Å². The number of nitrogens with zero attached hydrogens (tertiary/aromatic N) is 2. The minimum absolute atomic E-state index is 0.477. The predicted molar refractivity (Wildman–Crippen MR) is 69.7 cm³/mol. The van der Waals surface area contributed by atoms with Gasteiger partial charge in [0.15, 0.2) is 0 Å². The molecule has 4 nitrogen and oxygen atoms in total. The summed E-state index contributed by atoms with van der Waals surface area (Å²) >= 11 is 3.51. The second-order valence-corrected chi connectivity index (χ2v) is 5.05. The molecule has 2 N–H and O–H groups in total. The SMILES string of the molecule is CNc1ncnc(NC(C)C2CCC2)c1Br. The first-order valence-corrected chi connectivity index (χ1v) is 6.46. The fourth-order valence-corrected chi connectivity index (χ4v) is 2.44. The topological polar surface area (TPSA) is 49.8 Å². The van der Waals surface area contributed by atoms with Gasteiger partial charge in [0.25, 0.3) is 0 Å². The molecule has 0 amide bonds. The fraction of sp³-hybridized carbons (Fsp3) is 0.636. The van der Waals surface area contributed by atoms with Gasteiger partial charge in [-0.3, -0.25) is 0 Å². The molecule has 2 rings (SSSR count). The quantitative estimate of drug-likeness (QED) is 0.893. The zero-order valence-electron chi connectivity index (χ0n) is 9.63. The minimum atomic E-state index is 0.477. The third-order valence-electron chi connectivity index (χ3n) is 3.25. The summed E-state index contributed by atoms with van der Waals surface area (Å²) in [7, 11) is 1.85.